The Balaban J connectivity index is 1.63. The summed E-state index contributed by atoms with van der Waals surface area (Å²) in [6.07, 6.45) is 0.713. The molecule has 4 rings (SSSR count). The molecule has 21 heavy (non-hydrogen) atoms. The normalized spacial score (nSPS) is 29.7. The summed E-state index contributed by atoms with van der Waals surface area (Å²) in [5, 5.41) is 7.59. The molecule has 0 radical (unpaired) electrons. The first-order chi connectivity index (χ1) is 10.3. The van der Waals surface area contributed by atoms with Gasteiger partial charge < -0.3 is 14.6 Å². The first-order valence-corrected chi connectivity index (χ1v) is 7.81. The van der Waals surface area contributed by atoms with Gasteiger partial charge >= 0.3 is 0 Å². The number of ether oxygens (including phenoxy) is 1. The van der Waals surface area contributed by atoms with Crippen molar-refractivity contribution in [1.29, 1.82) is 0 Å². The van der Waals surface area contributed by atoms with E-state index in [2.05, 4.69) is 32.2 Å². The van der Waals surface area contributed by atoms with E-state index in [0.717, 1.165) is 45.1 Å². The summed E-state index contributed by atoms with van der Waals surface area (Å²) in [5.41, 5.74) is 0. The fourth-order valence-electron chi connectivity index (χ4n) is 3.24. The maximum Gasteiger partial charge on any atom is 0.228 e. The Hall–Kier alpha value is -1.02. The van der Waals surface area contributed by atoms with Crippen LogP contribution < -0.4 is 5.32 Å². The maximum atomic E-state index is 5.45. The molecular formula is C14H25N5O2. The number of rotatable bonds is 7. The molecule has 0 spiro atoms. The van der Waals surface area contributed by atoms with Gasteiger partial charge in [0.1, 0.15) is 0 Å². The monoisotopic (exact) mass is 295 g/mol. The van der Waals surface area contributed by atoms with Gasteiger partial charge in [0, 0.05) is 52.3 Å². The van der Waals surface area contributed by atoms with Crippen LogP contribution in [0.2, 0.25) is 0 Å². The first kappa shape index (κ1) is 14.9. The quantitative estimate of drug-likeness (QED) is 0.754. The molecular weight excluding hydrogens is 270 g/mol. The first-order valence-electron chi connectivity index (χ1n) is 7.81. The van der Waals surface area contributed by atoms with Crippen LogP contribution >= 0.6 is 0 Å². The van der Waals surface area contributed by atoms with E-state index in [1.807, 2.05) is 0 Å². The average Bonchev–Trinajstić information content (AvgIpc) is 2.97. The van der Waals surface area contributed by atoms with Crippen molar-refractivity contribution in [3.05, 3.63) is 11.7 Å². The molecule has 1 N–H and O–H groups in total. The molecule has 3 aliphatic heterocycles. The van der Waals surface area contributed by atoms with Crippen LogP contribution in [0.1, 0.15) is 24.7 Å². The Bertz CT molecular complexity index is 438. The Morgan fingerprint density at radius 2 is 2.19 bits per heavy atom. The van der Waals surface area contributed by atoms with Gasteiger partial charge in [-0.2, -0.15) is 4.98 Å². The van der Waals surface area contributed by atoms with Crippen molar-refractivity contribution in [2.45, 2.75) is 25.4 Å². The van der Waals surface area contributed by atoms with Gasteiger partial charge in [0.25, 0.3) is 0 Å². The lowest BCUT2D eigenvalue weighted by Gasteiger charge is -2.46. The largest absolute Gasteiger partial charge is 0.383 e. The molecule has 3 aliphatic rings. The zero-order valence-corrected chi connectivity index (χ0v) is 12.9. The van der Waals surface area contributed by atoms with Gasteiger partial charge in [0.15, 0.2) is 5.82 Å². The number of hydrogen-bond acceptors (Lipinski definition) is 7. The molecule has 7 nitrogen and oxygen atoms in total. The van der Waals surface area contributed by atoms with Crippen molar-refractivity contribution in [1.82, 2.24) is 25.3 Å². The number of piperazine rings is 3. The van der Waals surface area contributed by atoms with Gasteiger partial charge in [0.2, 0.25) is 5.89 Å². The second-order valence-corrected chi connectivity index (χ2v) is 5.81. The lowest BCUT2D eigenvalue weighted by molar-refractivity contribution is 0.00781. The van der Waals surface area contributed by atoms with Crippen molar-refractivity contribution < 1.29 is 9.26 Å². The molecule has 0 saturated carbocycles. The van der Waals surface area contributed by atoms with E-state index in [0.29, 0.717) is 25.0 Å². The minimum Gasteiger partial charge on any atom is -0.383 e. The van der Waals surface area contributed by atoms with Gasteiger partial charge in [-0.05, 0) is 6.54 Å². The van der Waals surface area contributed by atoms with E-state index in [-0.39, 0.29) is 6.04 Å². The molecule has 0 aliphatic carbocycles. The summed E-state index contributed by atoms with van der Waals surface area (Å²) in [6.45, 7) is 9.21. The Morgan fingerprint density at radius 3 is 2.81 bits per heavy atom. The van der Waals surface area contributed by atoms with Crippen LogP contribution in [0.25, 0.3) is 0 Å². The van der Waals surface area contributed by atoms with Crippen molar-refractivity contribution in [2.75, 3.05) is 53.0 Å². The van der Waals surface area contributed by atoms with Gasteiger partial charge in [-0.3, -0.25) is 9.80 Å². The highest BCUT2D eigenvalue weighted by Crippen LogP contribution is 2.26. The van der Waals surface area contributed by atoms with Crippen molar-refractivity contribution in [3.63, 3.8) is 0 Å². The van der Waals surface area contributed by atoms with Crippen LogP contribution in [0.5, 0.6) is 0 Å². The van der Waals surface area contributed by atoms with E-state index in [9.17, 15) is 0 Å². The molecule has 3 fully saturated rings. The van der Waals surface area contributed by atoms with E-state index in [4.69, 9.17) is 9.26 Å². The molecule has 1 aromatic rings. The number of aromatic nitrogens is 2. The number of fused-ring (bicyclic) bond motifs is 3. The molecule has 7 heteroatoms. The highest BCUT2D eigenvalue weighted by atomic mass is 16.5. The number of methoxy groups -OCH3 is 1. The van der Waals surface area contributed by atoms with E-state index in [1.54, 1.807) is 7.11 Å². The standard InChI is InChI=1S/C14H25N5O2/c1-3-15-11(10-20-2)8-13-16-14(17-21-13)12-9-18-4-6-19(12)7-5-18/h11-12,15H,3-10H2,1-2H3. The second-order valence-electron chi connectivity index (χ2n) is 5.81. The molecule has 1 aromatic heterocycles. The number of likely N-dealkylation sites (N-methyl/N-ethyl adjacent to an activating group) is 1. The molecule has 118 valence electrons. The molecule has 2 atom stereocenters. The van der Waals surface area contributed by atoms with Gasteiger partial charge in [0.05, 0.1) is 12.6 Å². The molecule has 4 heterocycles. The van der Waals surface area contributed by atoms with Crippen molar-refractivity contribution in [2.24, 2.45) is 0 Å². The van der Waals surface area contributed by atoms with E-state index < -0.39 is 0 Å². The van der Waals surface area contributed by atoms with Gasteiger partial charge in [-0.15, -0.1) is 0 Å². The number of hydrogen-bond donors (Lipinski definition) is 1. The van der Waals surface area contributed by atoms with E-state index in [1.165, 1.54) is 0 Å². The van der Waals surface area contributed by atoms with Crippen LogP contribution in [0, 0.1) is 0 Å². The third-order valence-electron chi connectivity index (χ3n) is 4.34. The SMILES string of the molecule is CCNC(COC)Cc1nc(C2CN3CCN2CC3)no1. The minimum absolute atomic E-state index is 0.222. The summed E-state index contributed by atoms with van der Waals surface area (Å²) in [5.74, 6) is 1.53. The summed E-state index contributed by atoms with van der Waals surface area (Å²) < 4.78 is 10.7. The highest BCUT2D eigenvalue weighted by Gasteiger charge is 2.35. The predicted molar refractivity (Wildman–Crippen MR) is 78.1 cm³/mol. The highest BCUT2D eigenvalue weighted by molar-refractivity contribution is 5.02. The second kappa shape index (κ2) is 6.83. The minimum atomic E-state index is 0.222. The lowest BCUT2D eigenvalue weighted by atomic mass is 10.1. The molecule has 2 bridgehead atoms. The van der Waals surface area contributed by atoms with Crippen LogP contribution in [0.4, 0.5) is 0 Å². The van der Waals surface area contributed by atoms with Crippen LogP contribution in [-0.4, -0.2) is 79.0 Å². The summed E-state index contributed by atoms with van der Waals surface area (Å²) in [4.78, 5) is 9.56. The molecule has 0 aromatic carbocycles. The summed E-state index contributed by atoms with van der Waals surface area (Å²) in [7, 11) is 1.71. The number of nitrogens with one attached hydrogen (secondary N) is 1. The Kier molecular flexibility index (Phi) is 4.84. The maximum absolute atomic E-state index is 5.45. The van der Waals surface area contributed by atoms with E-state index >= 15 is 0 Å². The third-order valence-corrected chi connectivity index (χ3v) is 4.34. The third kappa shape index (κ3) is 3.42. The van der Waals surface area contributed by atoms with Crippen LogP contribution in [0.3, 0.4) is 0 Å². The van der Waals surface area contributed by atoms with Gasteiger partial charge in [-0.25, -0.2) is 0 Å². The summed E-state index contributed by atoms with van der Waals surface area (Å²) in [6, 6.07) is 0.519. The van der Waals surface area contributed by atoms with Crippen LogP contribution in [-0.2, 0) is 11.2 Å². The smallest absolute Gasteiger partial charge is 0.228 e. The van der Waals surface area contributed by atoms with Crippen molar-refractivity contribution in [3.8, 4) is 0 Å². The zero-order chi connectivity index (χ0) is 14.7. The van der Waals surface area contributed by atoms with Crippen LogP contribution in [0.15, 0.2) is 4.52 Å². The lowest BCUT2D eigenvalue weighted by Crippen LogP contribution is -2.57. The molecule has 3 saturated heterocycles. The fraction of sp³-hybridized carbons (Fsp3) is 0.857. The topological polar surface area (TPSA) is 66.7 Å². The fourth-order valence-corrected chi connectivity index (χ4v) is 3.24. The Labute approximate surface area is 125 Å². The molecule has 0 amide bonds. The number of nitrogens with zero attached hydrogens (tertiary/aromatic N) is 4. The predicted octanol–water partition coefficient (Wildman–Crippen LogP) is -0.0911. The molecule has 2 unspecified atom stereocenters. The van der Waals surface area contributed by atoms with Gasteiger partial charge in [-0.1, -0.05) is 12.1 Å². The average molecular weight is 295 g/mol. The Morgan fingerprint density at radius 1 is 1.38 bits per heavy atom. The summed E-state index contributed by atoms with van der Waals surface area (Å²) >= 11 is 0. The van der Waals surface area contributed by atoms with Crippen molar-refractivity contribution >= 4 is 0 Å². The zero-order valence-electron chi connectivity index (χ0n) is 12.9.